The molecule has 6 heteroatoms. The average molecular weight is 382 g/mol. The molecule has 2 aromatic heterocycles. The highest BCUT2D eigenvalue weighted by Crippen LogP contribution is 2.45. The summed E-state index contributed by atoms with van der Waals surface area (Å²) in [6.45, 7) is 4.84. The van der Waals surface area contributed by atoms with Gasteiger partial charge in [0.05, 0.1) is 21.7 Å². The van der Waals surface area contributed by atoms with Crippen LogP contribution >= 0.6 is 11.3 Å². The van der Waals surface area contributed by atoms with Gasteiger partial charge in [-0.2, -0.15) is 0 Å². The minimum Gasteiger partial charge on any atom is -0.478 e. The van der Waals surface area contributed by atoms with Crippen LogP contribution in [-0.4, -0.2) is 16.1 Å². The monoisotopic (exact) mass is 381 g/mol. The molecule has 0 saturated heterocycles. The number of nitrogens with zero attached hydrogens (tertiary/aromatic N) is 1. The number of thiophene rings is 1. The number of carbonyl (C=O) groups is 1. The lowest BCUT2D eigenvalue weighted by Gasteiger charge is -2.29. The third kappa shape index (κ3) is 3.25. The smallest absolute Gasteiger partial charge is 0.337 e. The highest BCUT2D eigenvalue weighted by Gasteiger charge is 2.33. The van der Waals surface area contributed by atoms with Gasteiger partial charge in [0.15, 0.2) is 0 Å². The fraction of sp³-hybridized carbons (Fsp3) is 0.333. The summed E-state index contributed by atoms with van der Waals surface area (Å²) in [5, 5.41) is 11.0. The van der Waals surface area contributed by atoms with Crippen molar-refractivity contribution in [3.63, 3.8) is 0 Å². The van der Waals surface area contributed by atoms with E-state index in [9.17, 15) is 9.90 Å². The fourth-order valence-electron chi connectivity index (χ4n) is 3.91. The second-order valence-corrected chi connectivity index (χ2v) is 9.03. The first-order chi connectivity index (χ1) is 12.9. The van der Waals surface area contributed by atoms with E-state index in [1.165, 1.54) is 4.88 Å². The van der Waals surface area contributed by atoms with Gasteiger partial charge in [-0.05, 0) is 47.9 Å². The van der Waals surface area contributed by atoms with Gasteiger partial charge in [0.1, 0.15) is 0 Å². The molecule has 1 aromatic carbocycles. The van der Waals surface area contributed by atoms with Crippen molar-refractivity contribution in [2.75, 3.05) is 0 Å². The van der Waals surface area contributed by atoms with Gasteiger partial charge >= 0.3 is 5.97 Å². The molecule has 0 saturated carbocycles. The van der Waals surface area contributed by atoms with Gasteiger partial charge in [-0.15, -0.1) is 11.3 Å². The van der Waals surface area contributed by atoms with Crippen molar-refractivity contribution >= 4 is 28.2 Å². The van der Waals surface area contributed by atoms with Crippen LogP contribution < -0.4 is 11.3 Å². The molecule has 4 rings (SSSR count). The predicted molar refractivity (Wildman–Crippen MR) is 109 cm³/mol. The number of pyridine rings is 1. The van der Waals surface area contributed by atoms with Gasteiger partial charge in [-0.1, -0.05) is 32.0 Å². The molecular formula is C21H23N3O2S. The molecule has 5 nitrogen and oxygen atoms in total. The maximum absolute atomic E-state index is 12.2. The molecule has 0 radical (unpaired) electrons. The molecule has 1 aliphatic carbocycles. The Morgan fingerprint density at radius 2 is 2.15 bits per heavy atom. The van der Waals surface area contributed by atoms with E-state index in [0.717, 1.165) is 51.9 Å². The number of rotatable bonds is 4. The average Bonchev–Trinajstić information content (AvgIpc) is 2.98. The number of nitrogens with one attached hydrogen (secondary N) is 1. The number of carboxylic acid groups (broad SMARTS) is 1. The molecule has 3 aromatic rings. The second-order valence-electron chi connectivity index (χ2n) is 7.92. The van der Waals surface area contributed by atoms with Crippen molar-refractivity contribution in [2.24, 2.45) is 11.3 Å². The van der Waals surface area contributed by atoms with Crippen molar-refractivity contribution < 1.29 is 9.90 Å². The summed E-state index contributed by atoms with van der Waals surface area (Å²) in [6.07, 6.45) is 2.78. The fourth-order valence-corrected chi connectivity index (χ4v) is 5.25. The van der Waals surface area contributed by atoms with E-state index in [1.54, 1.807) is 11.3 Å². The first-order valence-corrected chi connectivity index (χ1v) is 9.91. The number of hydrogen-bond acceptors (Lipinski definition) is 5. The van der Waals surface area contributed by atoms with Gasteiger partial charge < -0.3 is 5.11 Å². The summed E-state index contributed by atoms with van der Waals surface area (Å²) < 4.78 is 0. The molecule has 0 unspecified atom stereocenters. The van der Waals surface area contributed by atoms with Crippen molar-refractivity contribution in [1.29, 1.82) is 0 Å². The number of carboxylic acids is 1. The summed E-state index contributed by atoms with van der Waals surface area (Å²) in [5.74, 6) is 4.72. The third-order valence-electron chi connectivity index (χ3n) is 5.30. The summed E-state index contributed by atoms with van der Waals surface area (Å²) in [7, 11) is 0. The van der Waals surface area contributed by atoms with E-state index in [2.05, 4.69) is 19.3 Å². The molecule has 140 valence electrons. The number of para-hydroxylation sites is 1. The Kier molecular flexibility index (Phi) is 4.50. The molecule has 2 heterocycles. The minimum atomic E-state index is -0.873. The Bertz CT molecular complexity index is 1040. The van der Waals surface area contributed by atoms with E-state index in [4.69, 9.17) is 10.8 Å². The number of aromatic nitrogens is 1. The van der Waals surface area contributed by atoms with Crippen LogP contribution in [0.25, 0.3) is 21.5 Å². The zero-order valence-corrected chi connectivity index (χ0v) is 16.3. The molecule has 0 bridgehead atoms. The Morgan fingerprint density at radius 1 is 1.37 bits per heavy atom. The van der Waals surface area contributed by atoms with E-state index in [1.807, 2.05) is 30.3 Å². The standard InChI is InChI=1S/C21H23N3O2S/c1-21(2)8-7-16-14(10-21)17(20(25)26)19(27-16)18-13(11-23-22)9-12-5-3-4-6-15(12)24-18/h3-6,9,23H,7-8,10-11,22H2,1-2H3,(H,25,26). The van der Waals surface area contributed by atoms with Crippen LogP contribution in [0.4, 0.5) is 0 Å². The van der Waals surface area contributed by atoms with Crippen LogP contribution in [-0.2, 0) is 19.4 Å². The van der Waals surface area contributed by atoms with Crippen molar-refractivity contribution in [3.05, 3.63) is 51.9 Å². The molecule has 1 aliphatic rings. The normalized spacial score (nSPS) is 15.7. The second kappa shape index (κ2) is 6.71. The zero-order chi connectivity index (χ0) is 19.2. The van der Waals surface area contributed by atoms with Gasteiger partial charge in [0.2, 0.25) is 0 Å². The summed E-state index contributed by atoms with van der Waals surface area (Å²) >= 11 is 1.58. The van der Waals surface area contributed by atoms with Crippen molar-refractivity contribution in [1.82, 2.24) is 10.4 Å². The van der Waals surface area contributed by atoms with Gasteiger partial charge in [-0.25, -0.2) is 9.78 Å². The van der Waals surface area contributed by atoms with Gasteiger partial charge in [-0.3, -0.25) is 11.3 Å². The van der Waals surface area contributed by atoms with E-state index >= 15 is 0 Å². The Labute approximate surface area is 162 Å². The third-order valence-corrected chi connectivity index (χ3v) is 6.60. The molecular weight excluding hydrogens is 358 g/mol. The Morgan fingerprint density at radius 3 is 2.89 bits per heavy atom. The lowest BCUT2D eigenvalue weighted by molar-refractivity contribution is 0.0696. The van der Waals surface area contributed by atoms with Crippen LogP contribution in [0.5, 0.6) is 0 Å². The summed E-state index contributed by atoms with van der Waals surface area (Å²) in [6, 6.07) is 9.92. The molecule has 0 aliphatic heterocycles. The molecule has 27 heavy (non-hydrogen) atoms. The summed E-state index contributed by atoms with van der Waals surface area (Å²) in [5.41, 5.74) is 6.72. The number of aryl methyl sites for hydroxylation is 1. The minimum absolute atomic E-state index is 0.119. The Hall–Kier alpha value is -2.28. The lowest BCUT2D eigenvalue weighted by atomic mass is 9.76. The number of nitrogens with two attached hydrogens (primary N) is 1. The van der Waals surface area contributed by atoms with Gasteiger partial charge in [0, 0.05) is 16.8 Å². The zero-order valence-electron chi connectivity index (χ0n) is 15.5. The van der Waals surface area contributed by atoms with Crippen LogP contribution in [0.3, 0.4) is 0 Å². The van der Waals surface area contributed by atoms with Crippen LogP contribution in [0.2, 0.25) is 0 Å². The summed E-state index contributed by atoms with van der Waals surface area (Å²) in [4.78, 5) is 19.0. The number of hydrazine groups is 1. The predicted octanol–water partition coefficient (Wildman–Crippen LogP) is 4.14. The Balaban J connectivity index is 1.97. The van der Waals surface area contributed by atoms with Crippen LogP contribution in [0, 0.1) is 5.41 Å². The topological polar surface area (TPSA) is 88.2 Å². The van der Waals surface area contributed by atoms with Crippen LogP contribution in [0.1, 0.15) is 46.6 Å². The highest BCUT2D eigenvalue weighted by molar-refractivity contribution is 7.16. The van der Waals surface area contributed by atoms with Crippen molar-refractivity contribution in [2.45, 2.75) is 39.7 Å². The number of benzene rings is 1. The van der Waals surface area contributed by atoms with Crippen molar-refractivity contribution in [3.8, 4) is 10.6 Å². The number of hydrogen-bond donors (Lipinski definition) is 3. The maximum atomic E-state index is 12.2. The van der Waals surface area contributed by atoms with Gasteiger partial charge in [0.25, 0.3) is 0 Å². The van der Waals surface area contributed by atoms with Crippen LogP contribution in [0.15, 0.2) is 30.3 Å². The number of fused-ring (bicyclic) bond motifs is 2. The van der Waals surface area contributed by atoms with E-state index < -0.39 is 5.97 Å². The molecule has 0 fully saturated rings. The molecule has 0 amide bonds. The molecule has 4 N–H and O–H groups in total. The first-order valence-electron chi connectivity index (χ1n) is 9.10. The molecule has 0 spiro atoms. The molecule has 0 atom stereocenters. The maximum Gasteiger partial charge on any atom is 0.337 e. The lowest BCUT2D eigenvalue weighted by Crippen LogP contribution is -2.22. The highest BCUT2D eigenvalue weighted by atomic mass is 32.1. The quantitative estimate of drug-likeness (QED) is 0.467. The largest absolute Gasteiger partial charge is 0.478 e. The SMILES string of the molecule is CC1(C)CCc2sc(-c3nc4ccccc4cc3CNN)c(C(=O)O)c2C1. The first kappa shape index (κ1) is 18.1. The van der Waals surface area contributed by atoms with E-state index in [-0.39, 0.29) is 5.41 Å². The number of aromatic carboxylic acids is 1. The van der Waals surface area contributed by atoms with E-state index in [0.29, 0.717) is 12.1 Å².